The van der Waals surface area contributed by atoms with E-state index in [1.165, 1.54) is 0 Å². The Morgan fingerprint density at radius 2 is 1.83 bits per heavy atom. The molecule has 0 atom stereocenters. The van der Waals surface area contributed by atoms with E-state index in [9.17, 15) is 4.39 Å². The number of aliphatic hydroxyl groups excluding tert-OH is 1. The summed E-state index contributed by atoms with van der Waals surface area (Å²) in [5.74, 6) is 0. The molecule has 0 saturated heterocycles. The monoisotopic (exact) mass is 166 g/mol. The molecular weight excluding hydrogens is 155 g/mol. The molecule has 1 aromatic rings. The number of hydrogen-bond donors (Lipinski definition) is 1. The highest BCUT2D eigenvalue weighted by atomic mass is 19.1. The molecule has 2 rings (SSSR count). The molecule has 12 heavy (non-hydrogen) atoms. The van der Waals surface area contributed by atoms with Crippen molar-refractivity contribution in [3.63, 3.8) is 0 Å². The summed E-state index contributed by atoms with van der Waals surface area (Å²) in [5.41, 5.74) is -0.573. The van der Waals surface area contributed by atoms with Gasteiger partial charge in [-0.05, 0) is 5.56 Å². The molecule has 1 saturated carbocycles. The molecular formula is C10H11FO. The second kappa shape index (κ2) is 2.56. The normalized spacial score (nSPS) is 34.3. The molecule has 0 aromatic heterocycles. The van der Waals surface area contributed by atoms with E-state index in [-0.39, 0.29) is 12.8 Å². The van der Waals surface area contributed by atoms with Gasteiger partial charge in [-0.1, -0.05) is 30.3 Å². The van der Waals surface area contributed by atoms with Crippen LogP contribution in [0.4, 0.5) is 4.39 Å². The molecule has 1 aliphatic carbocycles. The third kappa shape index (κ3) is 1.12. The number of rotatable bonds is 1. The smallest absolute Gasteiger partial charge is 0.140 e. The van der Waals surface area contributed by atoms with Crippen molar-refractivity contribution in [2.45, 2.75) is 24.6 Å². The van der Waals surface area contributed by atoms with E-state index < -0.39 is 11.8 Å². The van der Waals surface area contributed by atoms with Crippen molar-refractivity contribution in [1.29, 1.82) is 0 Å². The fourth-order valence-electron chi connectivity index (χ4n) is 1.66. The van der Waals surface area contributed by atoms with Crippen molar-refractivity contribution in [3.8, 4) is 0 Å². The van der Waals surface area contributed by atoms with Crippen LogP contribution in [0.25, 0.3) is 0 Å². The van der Waals surface area contributed by atoms with E-state index in [1.807, 2.05) is 18.2 Å². The zero-order valence-corrected chi connectivity index (χ0v) is 6.70. The van der Waals surface area contributed by atoms with Gasteiger partial charge in [0.1, 0.15) is 5.67 Å². The second-order valence-electron chi connectivity index (χ2n) is 3.39. The van der Waals surface area contributed by atoms with Crippen molar-refractivity contribution in [1.82, 2.24) is 0 Å². The molecule has 0 unspecified atom stereocenters. The van der Waals surface area contributed by atoms with Crippen LogP contribution in [-0.2, 0) is 5.67 Å². The summed E-state index contributed by atoms with van der Waals surface area (Å²) < 4.78 is 13.7. The Hall–Kier alpha value is -0.890. The number of halogens is 1. The Balaban J connectivity index is 2.21. The Labute approximate surface area is 70.8 Å². The van der Waals surface area contributed by atoms with Crippen LogP contribution >= 0.6 is 0 Å². The van der Waals surface area contributed by atoms with Gasteiger partial charge in [0.15, 0.2) is 0 Å². The number of alkyl halides is 1. The lowest BCUT2D eigenvalue weighted by molar-refractivity contribution is -0.0606. The fourth-order valence-corrected chi connectivity index (χ4v) is 1.66. The predicted octanol–water partition coefficient (Wildman–Crippen LogP) is 2.01. The highest BCUT2D eigenvalue weighted by Gasteiger charge is 2.45. The number of hydrogen-bond acceptors (Lipinski definition) is 1. The summed E-state index contributed by atoms with van der Waals surface area (Å²) in [6, 6.07) is 9.04. The van der Waals surface area contributed by atoms with E-state index >= 15 is 0 Å². The molecule has 1 N–H and O–H groups in total. The fraction of sp³-hybridized carbons (Fsp3) is 0.400. The molecule has 1 aromatic carbocycles. The Morgan fingerprint density at radius 3 is 2.33 bits per heavy atom. The minimum absolute atomic E-state index is 0.247. The molecule has 64 valence electrons. The van der Waals surface area contributed by atoms with Gasteiger partial charge < -0.3 is 5.11 Å². The van der Waals surface area contributed by atoms with Gasteiger partial charge in [0.2, 0.25) is 0 Å². The SMILES string of the molecule is OC1CC(F)(c2ccccc2)C1. The van der Waals surface area contributed by atoms with Crippen molar-refractivity contribution < 1.29 is 9.50 Å². The van der Waals surface area contributed by atoms with Gasteiger partial charge in [-0.2, -0.15) is 0 Å². The maximum Gasteiger partial charge on any atom is 0.140 e. The van der Waals surface area contributed by atoms with Crippen molar-refractivity contribution >= 4 is 0 Å². The molecule has 1 fully saturated rings. The summed E-state index contributed by atoms with van der Waals surface area (Å²) in [6.07, 6.45) is 0.0452. The first kappa shape index (κ1) is 7.74. The van der Waals surface area contributed by atoms with Gasteiger partial charge in [-0.25, -0.2) is 4.39 Å². The maximum atomic E-state index is 13.7. The van der Waals surface area contributed by atoms with Gasteiger partial charge in [-0.3, -0.25) is 0 Å². The van der Waals surface area contributed by atoms with Crippen LogP contribution in [0.2, 0.25) is 0 Å². The molecule has 0 aliphatic heterocycles. The first-order chi connectivity index (χ1) is 5.71. The van der Waals surface area contributed by atoms with Crippen LogP contribution in [0.5, 0.6) is 0 Å². The molecule has 0 heterocycles. The molecule has 0 bridgehead atoms. The zero-order valence-electron chi connectivity index (χ0n) is 6.70. The first-order valence-corrected chi connectivity index (χ1v) is 4.13. The highest BCUT2D eigenvalue weighted by molar-refractivity contribution is 5.25. The largest absolute Gasteiger partial charge is 0.393 e. The van der Waals surface area contributed by atoms with E-state index in [0.717, 1.165) is 0 Å². The van der Waals surface area contributed by atoms with Gasteiger partial charge in [0.25, 0.3) is 0 Å². The van der Waals surface area contributed by atoms with Crippen LogP contribution in [0.3, 0.4) is 0 Å². The molecule has 0 radical (unpaired) electrons. The maximum absolute atomic E-state index is 13.7. The first-order valence-electron chi connectivity index (χ1n) is 4.13. The Kier molecular flexibility index (Phi) is 1.65. The second-order valence-corrected chi connectivity index (χ2v) is 3.39. The van der Waals surface area contributed by atoms with Gasteiger partial charge >= 0.3 is 0 Å². The van der Waals surface area contributed by atoms with Gasteiger partial charge in [0.05, 0.1) is 6.10 Å². The summed E-state index contributed by atoms with van der Waals surface area (Å²) in [7, 11) is 0. The third-order valence-corrected chi connectivity index (χ3v) is 2.41. The zero-order chi connectivity index (χ0) is 8.60. The molecule has 1 nitrogen and oxygen atoms in total. The standard InChI is InChI=1S/C10H11FO/c11-10(6-9(12)7-10)8-4-2-1-3-5-8/h1-5,9,12H,6-7H2. The Bertz CT molecular complexity index is 264. The predicted molar refractivity (Wildman–Crippen MR) is 44.5 cm³/mol. The molecule has 0 spiro atoms. The summed E-state index contributed by atoms with van der Waals surface area (Å²) in [5, 5.41) is 9.00. The molecule has 1 aliphatic rings. The lowest BCUT2D eigenvalue weighted by Crippen LogP contribution is -2.40. The van der Waals surface area contributed by atoms with Crippen molar-refractivity contribution in [3.05, 3.63) is 35.9 Å². The van der Waals surface area contributed by atoms with Gasteiger partial charge in [0, 0.05) is 12.8 Å². The van der Waals surface area contributed by atoms with Crippen molar-refractivity contribution in [2.24, 2.45) is 0 Å². The van der Waals surface area contributed by atoms with Crippen LogP contribution in [0.15, 0.2) is 30.3 Å². The number of aliphatic hydroxyl groups is 1. The summed E-state index contributed by atoms with van der Waals surface area (Å²) in [6.45, 7) is 0. The van der Waals surface area contributed by atoms with Crippen LogP contribution < -0.4 is 0 Å². The quantitative estimate of drug-likeness (QED) is 0.676. The Morgan fingerprint density at radius 1 is 1.25 bits per heavy atom. The van der Waals surface area contributed by atoms with E-state index in [2.05, 4.69) is 0 Å². The molecule has 2 heteroatoms. The number of benzene rings is 1. The van der Waals surface area contributed by atoms with E-state index in [4.69, 9.17) is 5.11 Å². The van der Waals surface area contributed by atoms with Crippen LogP contribution in [0.1, 0.15) is 18.4 Å². The molecule has 0 amide bonds. The van der Waals surface area contributed by atoms with Gasteiger partial charge in [-0.15, -0.1) is 0 Å². The average molecular weight is 166 g/mol. The third-order valence-electron chi connectivity index (χ3n) is 2.41. The van der Waals surface area contributed by atoms with Crippen LogP contribution in [-0.4, -0.2) is 11.2 Å². The lowest BCUT2D eigenvalue weighted by atomic mass is 9.74. The van der Waals surface area contributed by atoms with E-state index in [0.29, 0.717) is 5.56 Å². The van der Waals surface area contributed by atoms with Crippen molar-refractivity contribution in [2.75, 3.05) is 0 Å². The summed E-state index contributed by atoms with van der Waals surface area (Å²) in [4.78, 5) is 0. The minimum Gasteiger partial charge on any atom is -0.393 e. The average Bonchev–Trinajstić information content (AvgIpc) is 2.04. The topological polar surface area (TPSA) is 20.2 Å². The van der Waals surface area contributed by atoms with Crippen LogP contribution in [0, 0.1) is 0 Å². The van der Waals surface area contributed by atoms with E-state index in [1.54, 1.807) is 12.1 Å². The lowest BCUT2D eigenvalue weighted by Gasteiger charge is -2.38. The summed E-state index contributed by atoms with van der Waals surface area (Å²) >= 11 is 0. The minimum atomic E-state index is -1.26. The highest BCUT2D eigenvalue weighted by Crippen LogP contribution is 2.44.